The summed E-state index contributed by atoms with van der Waals surface area (Å²) in [6.07, 6.45) is 0.409. The Labute approximate surface area is 227 Å². The molecule has 5 rings (SSSR count). The van der Waals surface area contributed by atoms with Crippen LogP contribution in [0.4, 0.5) is 0 Å². The first kappa shape index (κ1) is 27.0. The number of carbonyl (C=O) groups excluding carboxylic acids is 4. The molecule has 1 amide bonds. The van der Waals surface area contributed by atoms with Crippen LogP contribution in [0.2, 0.25) is 0 Å². The molecule has 0 heterocycles. The lowest BCUT2D eigenvalue weighted by Crippen LogP contribution is -2.68. The van der Waals surface area contributed by atoms with Crippen LogP contribution >= 0.6 is 0 Å². The summed E-state index contributed by atoms with van der Waals surface area (Å²) in [5.74, 6) is -9.18. The minimum absolute atomic E-state index is 0.216. The minimum atomic E-state index is -3.02. The van der Waals surface area contributed by atoms with Crippen molar-refractivity contribution in [2.75, 3.05) is 14.1 Å². The molecule has 3 aliphatic rings. The van der Waals surface area contributed by atoms with Gasteiger partial charge in [-0.2, -0.15) is 0 Å². The molecule has 11 nitrogen and oxygen atoms in total. The number of hydrogen-bond acceptors (Lipinski definition) is 10. The molecule has 0 radical (unpaired) electrons. The maximum atomic E-state index is 13.8. The van der Waals surface area contributed by atoms with Gasteiger partial charge < -0.3 is 31.3 Å². The first-order valence-electron chi connectivity index (χ1n) is 12.3. The van der Waals surface area contributed by atoms with E-state index in [2.05, 4.69) is 0 Å². The summed E-state index contributed by atoms with van der Waals surface area (Å²) < 4.78 is 0. The van der Waals surface area contributed by atoms with E-state index < -0.39 is 75.5 Å². The Morgan fingerprint density at radius 1 is 1.05 bits per heavy atom. The summed E-state index contributed by atoms with van der Waals surface area (Å²) in [7, 11) is 2.92. The topological polar surface area (TPSA) is 199 Å². The lowest BCUT2D eigenvalue weighted by atomic mass is 9.56. The number of nitrogens with two attached hydrogens (primary N) is 1. The van der Waals surface area contributed by atoms with Crippen LogP contribution in [0.1, 0.15) is 31.8 Å². The smallest absolute Gasteiger partial charge is 0.255 e. The van der Waals surface area contributed by atoms with Gasteiger partial charge in [0.05, 0.1) is 29.2 Å². The van der Waals surface area contributed by atoms with Crippen molar-refractivity contribution in [2.24, 2.45) is 17.6 Å². The standard InChI is InChI=1S/C29H26N2O9/c1-31(2)22-21-24(35)18-15(10-12-5-3-6-13(9-12)11-32)14-7-4-8-16(33)17(14)23(34)19(18)26(37)29(21,40)27(38)20(25(22)36)28(30)39/h3-11,18,21-22,24,33,35-37,40H,1-2H3,(H2,30,39)/b15-10+. The van der Waals surface area contributed by atoms with Crippen LogP contribution in [-0.2, 0) is 9.59 Å². The minimum Gasteiger partial charge on any atom is -0.510 e. The normalized spacial score (nSPS) is 28.9. The highest BCUT2D eigenvalue weighted by atomic mass is 16.4. The quantitative estimate of drug-likeness (QED) is 0.237. The number of likely N-dealkylation sites (N-methyl/N-ethyl adjacent to an activating group) is 1. The van der Waals surface area contributed by atoms with Crippen LogP contribution < -0.4 is 5.73 Å². The van der Waals surface area contributed by atoms with Gasteiger partial charge in [-0.3, -0.25) is 24.1 Å². The zero-order chi connectivity index (χ0) is 29.3. The van der Waals surface area contributed by atoms with E-state index in [1.807, 2.05) is 0 Å². The number of phenols is 1. The number of aliphatic hydroxyl groups excluding tert-OH is 3. The number of amides is 1. The molecule has 5 atom stereocenters. The summed E-state index contributed by atoms with van der Waals surface area (Å²) in [4.78, 5) is 52.2. The predicted octanol–water partition coefficient (Wildman–Crippen LogP) is 0.902. The molecule has 2 aromatic rings. The molecule has 40 heavy (non-hydrogen) atoms. The van der Waals surface area contributed by atoms with Crippen LogP contribution in [0.15, 0.2) is 65.1 Å². The van der Waals surface area contributed by atoms with Crippen molar-refractivity contribution >= 4 is 35.4 Å². The second kappa shape index (κ2) is 9.26. The van der Waals surface area contributed by atoms with Crippen molar-refractivity contribution in [3.63, 3.8) is 0 Å². The van der Waals surface area contributed by atoms with Gasteiger partial charge in [-0.15, -0.1) is 0 Å². The zero-order valence-electron chi connectivity index (χ0n) is 21.4. The summed E-state index contributed by atoms with van der Waals surface area (Å²) in [5, 5.41) is 56.8. The third kappa shape index (κ3) is 3.55. The van der Waals surface area contributed by atoms with Gasteiger partial charge in [0, 0.05) is 11.5 Å². The second-order valence-electron chi connectivity index (χ2n) is 10.3. The van der Waals surface area contributed by atoms with Crippen molar-refractivity contribution < 1.29 is 44.7 Å². The highest BCUT2D eigenvalue weighted by Gasteiger charge is 2.67. The number of aliphatic hydroxyl groups is 4. The SMILES string of the molecule is CN(C)C1C(O)=C(C(N)=O)C(=O)C2(O)C(O)=C3C(=O)c4c(O)cccc4/C(=C\c4cccc(C=O)c4)C3C(O)C12. The number of hydrogen-bond donors (Lipinski definition) is 6. The van der Waals surface area contributed by atoms with Crippen molar-refractivity contribution in [3.8, 4) is 5.75 Å². The maximum absolute atomic E-state index is 13.8. The third-order valence-electron chi connectivity index (χ3n) is 7.90. The number of ketones is 2. The van der Waals surface area contributed by atoms with Gasteiger partial charge in [0.1, 0.15) is 29.1 Å². The molecule has 7 N–H and O–H groups in total. The average Bonchev–Trinajstić information content (AvgIpc) is 2.90. The van der Waals surface area contributed by atoms with Crippen LogP contribution in [0, 0.1) is 11.8 Å². The molecule has 0 saturated heterocycles. The molecule has 0 spiro atoms. The number of Topliss-reactive ketones (excluding diaryl/α,β-unsaturated/α-hetero) is 2. The van der Waals surface area contributed by atoms with Crippen molar-refractivity contribution in [2.45, 2.75) is 17.7 Å². The fraction of sp³-hybridized carbons (Fsp3) is 0.241. The largest absolute Gasteiger partial charge is 0.510 e. The zero-order valence-corrected chi connectivity index (χ0v) is 21.4. The predicted molar refractivity (Wildman–Crippen MR) is 141 cm³/mol. The summed E-state index contributed by atoms with van der Waals surface area (Å²) >= 11 is 0. The van der Waals surface area contributed by atoms with Crippen molar-refractivity contribution in [1.82, 2.24) is 4.90 Å². The monoisotopic (exact) mass is 546 g/mol. The van der Waals surface area contributed by atoms with Crippen LogP contribution in [0.5, 0.6) is 5.75 Å². The number of nitrogens with zero attached hydrogens (tertiary/aromatic N) is 1. The second-order valence-corrected chi connectivity index (χ2v) is 10.3. The molecular formula is C29H26N2O9. The van der Waals surface area contributed by atoms with Gasteiger partial charge in [-0.1, -0.05) is 36.4 Å². The van der Waals surface area contributed by atoms with E-state index in [4.69, 9.17) is 5.73 Å². The lowest BCUT2D eigenvalue weighted by molar-refractivity contribution is -0.159. The molecule has 0 aromatic heterocycles. The summed E-state index contributed by atoms with van der Waals surface area (Å²) in [6, 6.07) is 9.28. The Morgan fingerprint density at radius 2 is 1.70 bits per heavy atom. The number of carbonyl (C=O) groups is 4. The third-order valence-corrected chi connectivity index (χ3v) is 7.90. The molecule has 3 aliphatic carbocycles. The average molecular weight is 547 g/mol. The van der Waals surface area contributed by atoms with Gasteiger partial charge in [0.25, 0.3) is 5.91 Å². The number of rotatable bonds is 4. The van der Waals surface area contributed by atoms with E-state index in [0.29, 0.717) is 17.4 Å². The van der Waals surface area contributed by atoms with Gasteiger partial charge in [-0.25, -0.2) is 0 Å². The van der Waals surface area contributed by atoms with E-state index in [1.165, 1.54) is 37.2 Å². The Balaban J connectivity index is 1.87. The van der Waals surface area contributed by atoms with Crippen molar-refractivity contribution in [3.05, 3.63) is 87.4 Å². The van der Waals surface area contributed by atoms with Gasteiger partial charge in [0.2, 0.25) is 5.78 Å². The van der Waals surface area contributed by atoms with Gasteiger partial charge in [0.15, 0.2) is 11.4 Å². The number of phenolic OH excluding ortho intramolecular Hbond substituents is 1. The summed E-state index contributed by atoms with van der Waals surface area (Å²) in [5.41, 5.74) is 1.83. The van der Waals surface area contributed by atoms with E-state index in [1.54, 1.807) is 30.3 Å². The van der Waals surface area contributed by atoms with Crippen molar-refractivity contribution in [1.29, 1.82) is 0 Å². The molecule has 11 heteroatoms. The van der Waals surface area contributed by atoms with E-state index >= 15 is 0 Å². The lowest BCUT2D eigenvalue weighted by Gasteiger charge is -2.52. The number of fused-ring (bicyclic) bond motifs is 3. The van der Waals surface area contributed by atoms with Crippen LogP contribution in [-0.4, -0.2) is 86.0 Å². The number of primary amides is 1. The van der Waals surface area contributed by atoms with Gasteiger partial charge in [-0.05, 0) is 42.9 Å². The van der Waals surface area contributed by atoms with Crippen LogP contribution in [0.25, 0.3) is 11.6 Å². The Kier molecular flexibility index (Phi) is 6.25. The Hall–Kier alpha value is -4.58. The molecule has 2 aromatic carbocycles. The molecule has 206 valence electrons. The highest BCUT2D eigenvalue weighted by Crippen LogP contribution is 2.55. The van der Waals surface area contributed by atoms with Gasteiger partial charge >= 0.3 is 0 Å². The maximum Gasteiger partial charge on any atom is 0.255 e. The number of aromatic hydroxyl groups is 1. The molecule has 0 bridgehead atoms. The fourth-order valence-electron chi connectivity index (χ4n) is 6.22. The van der Waals surface area contributed by atoms with E-state index in [9.17, 15) is 44.7 Å². The number of aldehydes is 1. The Morgan fingerprint density at radius 3 is 2.33 bits per heavy atom. The Bertz CT molecular complexity index is 1600. The molecule has 5 unspecified atom stereocenters. The first-order chi connectivity index (χ1) is 18.9. The number of benzene rings is 2. The fourth-order valence-corrected chi connectivity index (χ4v) is 6.22. The summed E-state index contributed by atoms with van der Waals surface area (Å²) in [6.45, 7) is 0. The highest BCUT2D eigenvalue weighted by molar-refractivity contribution is 6.25. The van der Waals surface area contributed by atoms with Crippen LogP contribution in [0.3, 0.4) is 0 Å². The van der Waals surface area contributed by atoms with E-state index in [-0.39, 0.29) is 16.7 Å². The molecule has 0 aliphatic heterocycles. The first-order valence-corrected chi connectivity index (χ1v) is 12.3. The van der Waals surface area contributed by atoms with E-state index in [0.717, 1.165) is 0 Å². The molecule has 0 saturated carbocycles. The molecule has 0 fully saturated rings. The molecular weight excluding hydrogens is 520 g/mol.